The summed E-state index contributed by atoms with van der Waals surface area (Å²) in [5.41, 5.74) is 2.03. The van der Waals surface area contributed by atoms with Crippen LogP contribution in [0.25, 0.3) is 0 Å². The van der Waals surface area contributed by atoms with Gasteiger partial charge in [0.05, 0.1) is 11.4 Å². The summed E-state index contributed by atoms with van der Waals surface area (Å²) in [6.45, 7) is 0. The molecule has 2 rings (SSSR count). The first kappa shape index (κ1) is 13.9. The molecule has 0 saturated carbocycles. The SMILES string of the molecule is O=S(O)Cc1ccc(Nc2cc(Cl)ccc2O)cc1. The Morgan fingerprint density at radius 1 is 1.16 bits per heavy atom. The lowest BCUT2D eigenvalue weighted by Crippen LogP contribution is -1.94. The van der Waals surface area contributed by atoms with Crippen LogP contribution in [0.15, 0.2) is 42.5 Å². The van der Waals surface area contributed by atoms with Gasteiger partial charge in [-0.25, -0.2) is 4.21 Å². The topological polar surface area (TPSA) is 69.6 Å². The van der Waals surface area contributed by atoms with Crippen molar-refractivity contribution in [2.75, 3.05) is 5.32 Å². The van der Waals surface area contributed by atoms with Crippen LogP contribution in [-0.4, -0.2) is 13.9 Å². The van der Waals surface area contributed by atoms with E-state index in [9.17, 15) is 9.32 Å². The molecule has 0 aromatic heterocycles. The van der Waals surface area contributed by atoms with Crippen molar-refractivity contribution in [3.63, 3.8) is 0 Å². The van der Waals surface area contributed by atoms with Gasteiger partial charge in [-0.2, -0.15) is 0 Å². The third-order valence-electron chi connectivity index (χ3n) is 2.48. The fourth-order valence-corrected chi connectivity index (χ4v) is 2.24. The van der Waals surface area contributed by atoms with E-state index in [2.05, 4.69) is 5.32 Å². The number of hydrogen-bond donors (Lipinski definition) is 3. The average molecular weight is 298 g/mol. The van der Waals surface area contributed by atoms with Gasteiger partial charge in [-0.05, 0) is 35.9 Å². The molecule has 0 bridgehead atoms. The molecule has 0 aliphatic heterocycles. The van der Waals surface area contributed by atoms with Crippen molar-refractivity contribution in [1.82, 2.24) is 0 Å². The quantitative estimate of drug-likeness (QED) is 0.596. The second kappa shape index (κ2) is 6.06. The van der Waals surface area contributed by atoms with Gasteiger partial charge in [0.15, 0.2) is 11.1 Å². The van der Waals surface area contributed by atoms with Crippen LogP contribution in [0.2, 0.25) is 5.02 Å². The Morgan fingerprint density at radius 3 is 2.47 bits per heavy atom. The molecule has 2 aromatic carbocycles. The van der Waals surface area contributed by atoms with E-state index < -0.39 is 11.1 Å². The molecule has 1 atom stereocenters. The van der Waals surface area contributed by atoms with E-state index in [1.807, 2.05) is 0 Å². The highest BCUT2D eigenvalue weighted by Crippen LogP contribution is 2.29. The lowest BCUT2D eigenvalue weighted by Gasteiger charge is -2.09. The van der Waals surface area contributed by atoms with Gasteiger partial charge in [-0.15, -0.1) is 0 Å². The second-order valence-electron chi connectivity index (χ2n) is 3.95. The third kappa shape index (κ3) is 3.96. The number of phenols is 1. The zero-order chi connectivity index (χ0) is 13.8. The molecule has 0 aliphatic carbocycles. The Kier molecular flexibility index (Phi) is 4.42. The van der Waals surface area contributed by atoms with Crippen LogP contribution in [0.4, 0.5) is 11.4 Å². The first-order valence-electron chi connectivity index (χ1n) is 5.46. The summed E-state index contributed by atoms with van der Waals surface area (Å²) < 4.78 is 19.5. The number of anilines is 2. The van der Waals surface area contributed by atoms with Gasteiger partial charge >= 0.3 is 0 Å². The maximum Gasteiger partial charge on any atom is 0.157 e. The maximum absolute atomic E-state index is 10.7. The van der Waals surface area contributed by atoms with Crippen LogP contribution in [0.5, 0.6) is 5.75 Å². The van der Waals surface area contributed by atoms with Crippen molar-refractivity contribution in [2.45, 2.75) is 5.75 Å². The smallest absolute Gasteiger partial charge is 0.157 e. The van der Waals surface area contributed by atoms with E-state index in [0.717, 1.165) is 11.3 Å². The predicted molar refractivity (Wildman–Crippen MR) is 77.3 cm³/mol. The van der Waals surface area contributed by atoms with Crippen LogP contribution in [0.1, 0.15) is 5.56 Å². The average Bonchev–Trinajstić information content (AvgIpc) is 2.35. The van der Waals surface area contributed by atoms with E-state index in [0.29, 0.717) is 10.7 Å². The summed E-state index contributed by atoms with van der Waals surface area (Å²) >= 11 is 4.01. The molecular formula is C13H12ClNO3S. The highest BCUT2D eigenvalue weighted by Gasteiger charge is 2.03. The molecule has 3 N–H and O–H groups in total. The van der Waals surface area contributed by atoms with Gasteiger partial charge in [0, 0.05) is 10.7 Å². The van der Waals surface area contributed by atoms with Gasteiger partial charge in [0.2, 0.25) is 0 Å². The minimum absolute atomic E-state index is 0.0999. The number of rotatable bonds is 4. The number of aromatic hydroxyl groups is 1. The lowest BCUT2D eigenvalue weighted by molar-refractivity contribution is 0.478. The minimum Gasteiger partial charge on any atom is -0.506 e. The van der Waals surface area contributed by atoms with Gasteiger partial charge in [-0.1, -0.05) is 23.7 Å². The summed E-state index contributed by atoms with van der Waals surface area (Å²) in [7, 11) is 0. The van der Waals surface area contributed by atoms with Crippen LogP contribution >= 0.6 is 11.6 Å². The number of hydrogen-bond acceptors (Lipinski definition) is 3. The van der Waals surface area contributed by atoms with Crippen molar-refractivity contribution >= 4 is 34.1 Å². The highest BCUT2D eigenvalue weighted by atomic mass is 35.5. The van der Waals surface area contributed by atoms with Gasteiger partial charge < -0.3 is 15.0 Å². The maximum atomic E-state index is 10.7. The first-order chi connectivity index (χ1) is 9.04. The molecule has 6 heteroatoms. The fraction of sp³-hybridized carbons (Fsp3) is 0.0769. The molecule has 0 aliphatic rings. The fourth-order valence-electron chi connectivity index (χ4n) is 1.59. The van der Waals surface area contributed by atoms with Gasteiger partial charge in [0.25, 0.3) is 0 Å². The predicted octanol–water partition coefficient (Wildman–Crippen LogP) is 3.51. The van der Waals surface area contributed by atoms with Crippen LogP contribution < -0.4 is 5.32 Å². The normalized spacial score (nSPS) is 12.1. The van der Waals surface area contributed by atoms with E-state index in [-0.39, 0.29) is 11.5 Å². The molecule has 0 heterocycles. The summed E-state index contributed by atoms with van der Waals surface area (Å²) in [5.74, 6) is 0.202. The molecule has 1 unspecified atom stereocenters. The number of benzene rings is 2. The summed E-state index contributed by atoms with van der Waals surface area (Å²) in [5, 5.41) is 13.2. The Bertz CT molecular complexity index is 601. The molecule has 0 saturated heterocycles. The van der Waals surface area contributed by atoms with Crippen LogP contribution in [-0.2, 0) is 16.8 Å². The molecule has 2 aromatic rings. The van der Waals surface area contributed by atoms with E-state index in [1.165, 1.54) is 6.07 Å². The van der Waals surface area contributed by atoms with Crippen LogP contribution in [0.3, 0.4) is 0 Å². The molecule has 19 heavy (non-hydrogen) atoms. The van der Waals surface area contributed by atoms with Crippen molar-refractivity contribution in [3.05, 3.63) is 53.1 Å². The van der Waals surface area contributed by atoms with E-state index in [1.54, 1.807) is 36.4 Å². The summed E-state index contributed by atoms with van der Waals surface area (Å²) in [6.07, 6.45) is 0. The van der Waals surface area contributed by atoms with Gasteiger partial charge in [0.1, 0.15) is 5.75 Å². The monoisotopic (exact) mass is 297 g/mol. The first-order valence-corrected chi connectivity index (χ1v) is 7.12. The lowest BCUT2D eigenvalue weighted by atomic mass is 10.2. The molecule has 4 nitrogen and oxygen atoms in total. The van der Waals surface area contributed by atoms with Crippen molar-refractivity contribution in [1.29, 1.82) is 0 Å². The highest BCUT2D eigenvalue weighted by molar-refractivity contribution is 7.78. The number of halogens is 1. The number of nitrogens with one attached hydrogen (secondary N) is 1. The van der Waals surface area contributed by atoms with Crippen molar-refractivity contribution in [3.8, 4) is 5.75 Å². The number of phenolic OH excluding ortho intramolecular Hbond substituents is 1. The standard InChI is InChI=1S/C13H12ClNO3S/c14-10-3-6-13(16)12(7-10)15-11-4-1-9(2-5-11)8-19(17)18/h1-7,15-16H,8H2,(H,17,18). The summed E-state index contributed by atoms with van der Waals surface area (Å²) in [6, 6.07) is 11.8. The molecule has 0 spiro atoms. The Balaban J connectivity index is 2.15. The Hall–Kier alpha value is -1.56. The molecule has 0 amide bonds. The molecule has 100 valence electrons. The van der Waals surface area contributed by atoms with Crippen LogP contribution in [0, 0.1) is 0 Å². The van der Waals surface area contributed by atoms with E-state index in [4.69, 9.17) is 16.2 Å². The van der Waals surface area contributed by atoms with Crippen molar-refractivity contribution in [2.24, 2.45) is 0 Å². The second-order valence-corrected chi connectivity index (χ2v) is 5.32. The zero-order valence-electron chi connectivity index (χ0n) is 9.84. The Morgan fingerprint density at radius 2 is 1.84 bits per heavy atom. The zero-order valence-corrected chi connectivity index (χ0v) is 11.4. The van der Waals surface area contributed by atoms with E-state index >= 15 is 0 Å². The van der Waals surface area contributed by atoms with Crippen molar-refractivity contribution < 1.29 is 13.9 Å². The molecule has 0 radical (unpaired) electrons. The Labute approximate surface area is 118 Å². The van der Waals surface area contributed by atoms with Gasteiger partial charge in [-0.3, -0.25) is 0 Å². The summed E-state index contributed by atoms with van der Waals surface area (Å²) in [4.78, 5) is 0. The largest absolute Gasteiger partial charge is 0.506 e. The third-order valence-corrected chi connectivity index (χ3v) is 3.30. The minimum atomic E-state index is -1.85. The molecule has 0 fully saturated rings. The molecular weight excluding hydrogens is 286 g/mol.